The average molecular weight is 594 g/mol. The zero-order valence-electron chi connectivity index (χ0n) is 20.6. The summed E-state index contributed by atoms with van der Waals surface area (Å²) >= 11 is 19.3. The zero-order chi connectivity index (χ0) is 27.4. The number of thioether (sulfide) groups is 1. The molecule has 2 amide bonds. The molecule has 1 aliphatic rings. The Morgan fingerprint density at radius 1 is 0.947 bits per heavy atom. The van der Waals surface area contributed by atoms with Crippen molar-refractivity contribution in [2.45, 2.75) is 27.0 Å². The van der Waals surface area contributed by atoms with Crippen LogP contribution in [0.4, 0.5) is 14.9 Å². The molecule has 0 aliphatic carbocycles. The first kappa shape index (κ1) is 28.3. The minimum Gasteiger partial charge on any atom is -0.488 e. The van der Waals surface area contributed by atoms with Crippen LogP contribution in [0.15, 0.2) is 59.5 Å². The summed E-state index contributed by atoms with van der Waals surface area (Å²) in [6.07, 6.45) is 1.64. The van der Waals surface area contributed by atoms with E-state index in [2.05, 4.69) is 18.7 Å². The molecule has 38 heavy (non-hydrogen) atoms. The second kappa shape index (κ2) is 12.4. The highest BCUT2D eigenvalue weighted by Crippen LogP contribution is 2.37. The Labute approximate surface area is 240 Å². The van der Waals surface area contributed by atoms with Gasteiger partial charge < -0.3 is 9.64 Å². The van der Waals surface area contributed by atoms with Crippen molar-refractivity contribution in [3.05, 3.63) is 97.1 Å². The molecule has 5 nitrogen and oxygen atoms in total. The standard InChI is InChI=1S/C28H24Cl3FN2O3S/c1-3-33(4-2)22-10-7-17(25(14-22)37-16-19-5-8-20(29)12-23(19)30)11-26-27(35)34(28(36)38-26)15-18-6-9-21(32)13-24(18)31/h5-14H,3-4,15-16H2,1-2H3/b26-11+. The third-order valence-electron chi connectivity index (χ3n) is 6.03. The van der Waals surface area contributed by atoms with Gasteiger partial charge >= 0.3 is 0 Å². The molecule has 0 N–H and O–H groups in total. The molecule has 1 saturated heterocycles. The van der Waals surface area contributed by atoms with E-state index in [9.17, 15) is 14.0 Å². The van der Waals surface area contributed by atoms with Gasteiger partial charge in [0.2, 0.25) is 0 Å². The predicted molar refractivity (Wildman–Crippen MR) is 154 cm³/mol. The van der Waals surface area contributed by atoms with Crippen LogP contribution in [0.2, 0.25) is 15.1 Å². The Morgan fingerprint density at radius 3 is 2.34 bits per heavy atom. The number of hydrogen-bond acceptors (Lipinski definition) is 5. The van der Waals surface area contributed by atoms with Crippen molar-refractivity contribution < 1.29 is 18.7 Å². The van der Waals surface area contributed by atoms with Crippen molar-refractivity contribution in [1.29, 1.82) is 0 Å². The fraction of sp³-hybridized carbons (Fsp3) is 0.214. The number of rotatable bonds is 9. The fourth-order valence-corrected chi connectivity index (χ4v) is 5.46. The van der Waals surface area contributed by atoms with Gasteiger partial charge in [0.15, 0.2) is 0 Å². The van der Waals surface area contributed by atoms with E-state index in [1.54, 1.807) is 24.3 Å². The van der Waals surface area contributed by atoms with E-state index in [-0.39, 0.29) is 23.1 Å². The molecule has 3 aromatic carbocycles. The summed E-state index contributed by atoms with van der Waals surface area (Å²) in [7, 11) is 0. The molecule has 0 atom stereocenters. The fourth-order valence-electron chi connectivity index (χ4n) is 3.94. The molecule has 0 saturated carbocycles. The third kappa shape index (κ3) is 6.46. The molecule has 3 aromatic rings. The molecule has 10 heteroatoms. The molecule has 0 aromatic heterocycles. The molecule has 1 aliphatic heterocycles. The highest BCUT2D eigenvalue weighted by Gasteiger charge is 2.35. The Balaban J connectivity index is 1.63. The van der Waals surface area contributed by atoms with Crippen LogP contribution in [0.5, 0.6) is 5.75 Å². The van der Waals surface area contributed by atoms with Crippen molar-refractivity contribution in [1.82, 2.24) is 4.90 Å². The van der Waals surface area contributed by atoms with Crippen molar-refractivity contribution in [2.75, 3.05) is 18.0 Å². The summed E-state index contributed by atoms with van der Waals surface area (Å²) < 4.78 is 19.6. The first-order valence-electron chi connectivity index (χ1n) is 11.8. The van der Waals surface area contributed by atoms with E-state index >= 15 is 0 Å². The van der Waals surface area contributed by atoms with Gasteiger partial charge in [0.05, 0.1) is 11.4 Å². The second-order valence-corrected chi connectivity index (χ2v) is 10.7. The lowest BCUT2D eigenvalue weighted by Gasteiger charge is -2.22. The number of benzene rings is 3. The van der Waals surface area contributed by atoms with Crippen LogP contribution in [-0.4, -0.2) is 29.1 Å². The lowest BCUT2D eigenvalue weighted by molar-refractivity contribution is -0.123. The lowest BCUT2D eigenvalue weighted by atomic mass is 10.1. The minimum atomic E-state index is -0.492. The van der Waals surface area contributed by atoms with Gasteiger partial charge in [0, 0.05) is 51.0 Å². The number of carbonyl (C=O) groups is 2. The van der Waals surface area contributed by atoms with Gasteiger partial charge in [0.25, 0.3) is 11.1 Å². The van der Waals surface area contributed by atoms with Crippen LogP contribution in [0.1, 0.15) is 30.5 Å². The molecule has 0 spiro atoms. The van der Waals surface area contributed by atoms with Crippen LogP contribution in [0, 0.1) is 5.82 Å². The molecular weight excluding hydrogens is 570 g/mol. The number of ether oxygens (including phenoxy) is 1. The SMILES string of the molecule is CCN(CC)c1ccc(/C=C2/SC(=O)N(Cc3ccc(F)cc3Cl)C2=O)c(OCc2ccc(Cl)cc2Cl)c1. The maximum absolute atomic E-state index is 13.4. The van der Waals surface area contributed by atoms with E-state index in [0.29, 0.717) is 26.9 Å². The summed E-state index contributed by atoms with van der Waals surface area (Å²) in [5.74, 6) is -0.415. The van der Waals surface area contributed by atoms with Gasteiger partial charge in [-0.15, -0.1) is 0 Å². The highest BCUT2D eigenvalue weighted by molar-refractivity contribution is 8.18. The molecule has 0 unspecified atom stereocenters. The summed E-state index contributed by atoms with van der Waals surface area (Å²) in [5, 5.41) is 0.730. The number of halogens is 4. The second-order valence-electron chi connectivity index (χ2n) is 8.42. The average Bonchev–Trinajstić information content (AvgIpc) is 3.14. The largest absolute Gasteiger partial charge is 0.488 e. The smallest absolute Gasteiger partial charge is 0.293 e. The van der Waals surface area contributed by atoms with Crippen molar-refractivity contribution in [2.24, 2.45) is 0 Å². The van der Waals surface area contributed by atoms with Crippen molar-refractivity contribution >= 4 is 69.5 Å². The maximum Gasteiger partial charge on any atom is 0.293 e. The monoisotopic (exact) mass is 592 g/mol. The van der Waals surface area contributed by atoms with Crippen LogP contribution in [0.3, 0.4) is 0 Å². The Kier molecular flexibility index (Phi) is 9.26. The molecular formula is C28H24Cl3FN2O3S. The molecule has 198 valence electrons. The molecule has 1 fully saturated rings. The van der Waals surface area contributed by atoms with Crippen LogP contribution < -0.4 is 9.64 Å². The van der Waals surface area contributed by atoms with E-state index in [0.717, 1.165) is 47.1 Å². The number of amides is 2. The normalized spacial score (nSPS) is 14.5. The molecule has 1 heterocycles. The number of carbonyl (C=O) groups excluding carboxylic acids is 2. The quantitative estimate of drug-likeness (QED) is 0.233. The first-order valence-corrected chi connectivity index (χ1v) is 13.8. The molecule has 0 bridgehead atoms. The van der Waals surface area contributed by atoms with Crippen LogP contribution in [0.25, 0.3) is 6.08 Å². The molecule has 4 rings (SSSR count). The molecule has 0 radical (unpaired) electrons. The van der Waals surface area contributed by atoms with Gasteiger partial charge in [-0.25, -0.2) is 4.39 Å². The topological polar surface area (TPSA) is 49.9 Å². The van der Waals surface area contributed by atoms with E-state index in [1.165, 1.54) is 12.1 Å². The zero-order valence-corrected chi connectivity index (χ0v) is 23.7. The minimum absolute atomic E-state index is 0.0551. The Hall–Kier alpha value is -2.71. The van der Waals surface area contributed by atoms with Gasteiger partial charge in [-0.3, -0.25) is 14.5 Å². The van der Waals surface area contributed by atoms with E-state index in [4.69, 9.17) is 39.5 Å². The Bertz CT molecular complexity index is 1410. The predicted octanol–water partition coefficient (Wildman–Crippen LogP) is 8.45. The van der Waals surface area contributed by atoms with E-state index < -0.39 is 17.0 Å². The summed E-state index contributed by atoms with van der Waals surface area (Å²) in [4.78, 5) is 29.4. The number of nitrogens with zero attached hydrogens (tertiary/aromatic N) is 2. The third-order valence-corrected chi connectivity index (χ3v) is 7.87. The van der Waals surface area contributed by atoms with Crippen molar-refractivity contribution in [3.63, 3.8) is 0 Å². The van der Waals surface area contributed by atoms with Gasteiger partial charge in [-0.2, -0.15) is 0 Å². The summed E-state index contributed by atoms with van der Waals surface area (Å²) in [5.41, 5.74) is 2.83. The number of imide groups is 1. The van der Waals surface area contributed by atoms with Gasteiger partial charge in [-0.1, -0.05) is 46.9 Å². The first-order chi connectivity index (χ1) is 18.2. The number of hydrogen-bond donors (Lipinski definition) is 0. The lowest BCUT2D eigenvalue weighted by Crippen LogP contribution is -2.27. The summed E-state index contributed by atoms with van der Waals surface area (Å²) in [6.45, 7) is 5.87. The highest BCUT2D eigenvalue weighted by atomic mass is 35.5. The van der Waals surface area contributed by atoms with E-state index in [1.807, 2.05) is 18.2 Å². The van der Waals surface area contributed by atoms with Crippen molar-refractivity contribution in [3.8, 4) is 5.75 Å². The van der Waals surface area contributed by atoms with Crippen LogP contribution in [-0.2, 0) is 17.9 Å². The van der Waals surface area contributed by atoms with Gasteiger partial charge in [-0.05, 0) is 73.6 Å². The van der Waals surface area contributed by atoms with Crippen LogP contribution >= 0.6 is 46.6 Å². The Morgan fingerprint density at radius 2 is 1.66 bits per heavy atom. The maximum atomic E-state index is 13.4. The number of anilines is 1. The van der Waals surface area contributed by atoms with Gasteiger partial charge in [0.1, 0.15) is 18.2 Å². The summed E-state index contributed by atoms with van der Waals surface area (Å²) in [6, 6.07) is 14.8.